The van der Waals surface area contributed by atoms with Crippen molar-refractivity contribution in [2.45, 2.75) is 31.0 Å². The van der Waals surface area contributed by atoms with Crippen LogP contribution >= 0.6 is 11.8 Å². The van der Waals surface area contributed by atoms with Crippen molar-refractivity contribution in [1.82, 2.24) is 14.8 Å². The Morgan fingerprint density at radius 3 is 2.67 bits per heavy atom. The summed E-state index contributed by atoms with van der Waals surface area (Å²) in [4.78, 5) is 10.8. The van der Waals surface area contributed by atoms with E-state index >= 15 is 0 Å². The summed E-state index contributed by atoms with van der Waals surface area (Å²) in [6.45, 7) is 2.23. The van der Waals surface area contributed by atoms with E-state index < -0.39 is 5.97 Å². The van der Waals surface area contributed by atoms with Crippen molar-refractivity contribution in [3.63, 3.8) is 0 Å². The molecule has 3 rings (SSSR count). The third-order valence-electron chi connectivity index (χ3n) is 3.74. The second-order valence-electron chi connectivity index (χ2n) is 5.46. The average Bonchev–Trinajstić information content (AvgIpc) is 2.86. The van der Waals surface area contributed by atoms with Gasteiger partial charge in [0.25, 0.3) is 0 Å². The predicted molar refractivity (Wildman–Crippen MR) is 81.3 cm³/mol. The molecule has 1 aliphatic rings. The second kappa shape index (κ2) is 5.89. The first kappa shape index (κ1) is 14.1. The number of carboxylic acids is 1. The zero-order chi connectivity index (χ0) is 14.8. The summed E-state index contributed by atoms with van der Waals surface area (Å²) < 4.78 is 2.11. The Labute approximate surface area is 127 Å². The number of hydrogen-bond donors (Lipinski definition) is 1. The molecule has 6 heteroatoms. The van der Waals surface area contributed by atoms with E-state index in [4.69, 9.17) is 5.11 Å². The second-order valence-corrected chi connectivity index (χ2v) is 6.40. The molecule has 1 fully saturated rings. The molecule has 0 unspecified atom stereocenters. The van der Waals surface area contributed by atoms with Crippen LogP contribution in [-0.4, -0.2) is 31.6 Å². The maximum absolute atomic E-state index is 10.8. The van der Waals surface area contributed by atoms with E-state index in [1.807, 2.05) is 30.3 Å². The van der Waals surface area contributed by atoms with Crippen LogP contribution < -0.4 is 0 Å². The van der Waals surface area contributed by atoms with E-state index in [2.05, 4.69) is 21.7 Å². The molecule has 0 atom stereocenters. The number of rotatable bonds is 5. The number of benzene rings is 1. The van der Waals surface area contributed by atoms with E-state index in [0.29, 0.717) is 17.1 Å². The molecule has 0 aliphatic heterocycles. The van der Waals surface area contributed by atoms with Gasteiger partial charge in [0.15, 0.2) is 11.0 Å². The smallest absolute Gasteiger partial charge is 0.313 e. The molecule has 0 spiro atoms. The molecule has 1 saturated carbocycles. The fourth-order valence-corrected chi connectivity index (χ4v) is 3.41. The van der Waals surface area contributed by atoms with Crippen molar-refractivity contribution in [3.05, 3.63) is 30.3 Å². The first-order valence-corrected chi connectivity index (χ1v) is 7.98. The Balaban J connectivity index is 1.94. The molecule has 1 aliphatic carbocycles. The number of thioether (sulfide) groups is 1. The molecular formula is C15H17N3O2S. The van der Waals surface area contributed by atoms with Crippen LogP contribution in [0, 0.1) is 5.92 Å². The fourth-order valence-electron chi connectivity index (χ4n) is 2.69. The van der Waals surface area contributed by atoms with E-state index in [0.717, 1.165) is 24.2 Å². The lowest BCUT2D eigenvalue weighted by atomic mass is 9.81. The van der Waals surface area contributed by atoms with Crippen LogP contribution in [0.5, 0.6) is 0 Å². The van der Waals surface area contributed by atoms with E-state index in [9.17, 15) is 4.79 Å². The molecule has 1 heterocycles. The summed E-state index contributed by atoms with van der Waals surface area (Å²) in [6.07, 6.45) is 2.19. The third-order valence-corrected chi connectivity index (χ3v) is 4.66. The molecule has 110 valence electrons. The Kier molecular flexibility index (Phi) is 3.96. The molecule has 21 heavy (non-hydrogen) atoms. The largest absolute Gasteiger partial charge is 0.481 e. The molecule has 0 bridgehead atoms. The molecule has 5 nitrogen and oxygen atoms in total. The van der Waals surface area contributed by atoms with Gasteiger partial charge in [0.05, 0.1) is 5.75 Å². The Hall–Kier alpha value is -1.82. The van der Waals surface area contributed by atoms with Crippen molar-refractivity contribution < 1.29 is 9.90 Å². The van der Waals surface area contributed by atoms with Crippen LogP contribution in [0.4, 0.5) is 0 Å². The van der Waals surface area contributed by atoms with Gasteiger partial charge in [-0.2, -0.15) is 0 Å². The Morgan fingerprint density at radius 1 is 1.33 bits per heavy atom. The highest BCUT2D eigenvalue weighted by molar-refractivity contribution is 7.99. The van der Waals surface area contributed by atoms with Gasteiger partial charge in [0, 0.05) is 11.6 Å². The molecule has 2 aromatic rings. The number of hydrogen-bond acceptors (Lipinski definition) is 4. The highest BCUT2D eigenvalue weighted by Gasteiger charge is 2.31. The van der Waals surface area contributed by atoms with Gasteiger partial charge in [0.1, 0.15) is 0 Å². The SMILES string of the molecule is CC1CC(n2c(SCC(=O)O)nnc2-c2ccccc2)C1. The van der Waals surface area contributed by atoms with Crippen molar-refractivity contribution in [1.29, 1.82) is 0 Å². The number of nitrogens with zero attached hydrogens (tertiary/aromatic N) is 3. The summed E-state index contributed by atoms with van der Waals surface area (Å²) in [7, 11) is 0. The minimum Gasteiger partial charge on any atom is -0.481 e. The van der Waals surface area contributed by atoms with Crippen LogP contribution in [-0.2, 0) is 4.79 Å². The van der Waals surface area contributed by atoms with Crippen LogP contribution in [0.3, 0.4) is 0 Å². The van der Waals surface area contributed by atoms with E-state index in [1.165, 1.54) is 11.8 Å². The maximum Gasteiger partial charge on any atom is 0.313 e. The van der Waals surface area contributed by atoms with Gasteiger partial charge in [0.2, 0.25) is 0 Å². The summed E-state index contributed by atoms with van der Waals surface area (Å²) in [5.74, 6) is 0.714. The number of carboxylic acid groups (broad SMARTS) is 1. The summed E-state index contributed by atoms with van der Waals surface area (Å²) in [6, 6.07) is 10.3. The summed E-state index contributed by atoms with van der Waals surface area (Å²) in [5.41, 5.74) is 1.02. The van der Waals surface area contributed by atoms with E-state index in [1.54, 1.807) is 0 Å². The highest BCUT2D eigenvalue weighted by atomic mass is 32.2. The quantitative estimate of drug-likeness (QED) is 0.860. The van der Waals surface area contributed by atoms with Gasteiger partial charge >= 0.3 is 5.97 Å². The number of aromatic nitrogens is 3. The molecule has 0 saturated heterocycles. The molecule has 1 aromatic heterocycles. The van der Waals surface area contributed by atoms with Gasteiger partial charge in [-0.1, -0.05) is 49.0 Å². The lowest BCUT2D eigenvalue weighted by Crippen LogP contribution is -2.26. The molecular weight excluding hydrogens is 286 g/mol. The maximum atomic E-state index is 10.8. The predicted octanol–water partition coefficient (Wildman–Crippen LogP) is 3.09. The van der Waals surface area contributed by atoms with Gasteiger partial charge in [-0.05, 0) is 18.8 Å². The average molecular weight is 303 g/mol. The Bertz CT molecular complexity index is 636. The lowest BCUT2D eigenvalue weighted by molar-refractivity contribution is -0.133. The zero-order valence-corrected chi connectivity index (χ0v) is 12.6. The van der Waals surface area contributed by atoms with Crippen LogP contribution in [0.1, 0.15) is 25.8 Å². The van der Waals surface area contributed by atoms with Crippen molar-refractivity contribution in [2.75, 3.05) is 5.75 Å². The molecule has 0 amide bonds. The van der Waals surface area contributed by atoms with Gasteiger partial charge < -0.3 is 5.11 Å². The topological polar surface area (TPSA) is 68.0 Å². The first-order chi connectivity index (χ1) is 10.1. The monoisotopic (exact) mass is 303 g/mol. The van der Waals surface area contributed by atoms with Crippen molar-refractivity contribution in [2.24, 2.45) is 5.92 Å². The summed E-state index contributed by atoms with van der Waals surface area (Å²) >= 11 is 1.24. The normalized spacial score (nSPS) is 21.0. The zero-order valence-electron chi connectivity index (χ0n) is 11.8. The van der Waals surface area contributed by atoms with Crippen LogP contribution in [0.15, 0.2) is 35.5 Å². The van der Waals surface area contributed by atoms with Gasteiger partial charge in [-0.25, -0.2) is 0 Å². The van der Waals surface area contributed by atoms with Gasteiger partial charge in [-0.3, -0.25) is 9.36 Å². The fraction of sp³-hybridized carbons (Fsp3) is 0.400. The van der Waals surface area contributed by atoms with E-state index in [-0.39, 0.29) is 5.75 Å². The van der Waals surface area contributed by atoms with Gasteiger partial charge in [-0.15, -0.1) is 10.2 Å². The first-order valence-electron chi connectivity index (χ1n) is 7.00. The third kappa shape index (κ3) is 2.95. The number of carbonyl (C=O) groups is 1. The Morgan fingerprint density at radius 2 is 2.05 bits per heavy atom. The van der Waals surface area contributed by atoms with Crippen LogP contribution in [0.25, 0.3) is 11.4 Å². The van der Waals surface area contributed by atoms with Crippen molar-refractivity contribution in [3.8, 4) is 11.4 Å². The lowest BCUT2D eigenvalue weighted by Gasteiger charge is -2.35. The molecule has 1 aromatic carbocycles. The molecule has 0 radical (unpaired) electrons. The standard InChI is InChI=1S/C15H17N3O2S/c1-10-7-12(8-10)18-14(11-5-3-2-4-6-11)16-17-15(18)21-9-13(19)20/h2-6,10,12H,7-9H2,1H3,(H,19,20). The minimum absolute atomic E-state index is 0.00912. The number of aliphatic carboxylic acids is 1. The summed E-state index contributed by atoms with van der Waals surface area (Å²) in [5, 5.41) is 18.1. The van der Waals surface area contributed by atoms with Crippen molar-refractivity contribution >= 4 is 17.7 Å². The molecule has 1 N–H and O–H groups in total. The minimum atomic E-state index is -0.835. The highest BCUT2D eigenvalue weighted by Crippen LogP contribution is 2.41. The van der Waals surface area contributed by atoms with Crippen LogP contribution in [0.2, 0.25) is 0 Å².